The average Bonchev–Trinajstić information content (AvgIpc) is 2.39. The molecule has 1 aliphatic rings. The van der Waals surface area contributed by atoms with E-state index >= 15 is 0 Å². The van der Waals surface area contributed by atoms with Crippen LogP contribution in [0, 0.1) is 11.7 Å². The summed E-state index contributed by atoms with van der Waals surface area (Å²) in [5.74, 6) is -0.587. The number of carbonyl (C=O) groups is 1. The topological polar surface area (TPSA) is 54.5 Å². The predicted molar refractivity (Wildman–Crippen MR) is 68.6 cm³/mol. The third-order valence-electron chi connectivity index (χ3n) is 3.43. The standard InChI is InChI=1S/C13H16FNO3S/c1-2-10-9-15(8-7-13(10)16)19(17,18)12-5-3-11(14)4-6-12/h3-6,10H,2,7-9H2,1H3. The Morgan fingerprint density at radius 1 is 1.32 bits per heavy atom. The van der Waals surface area contributed by atoms with Gasteiger partial charge in [0.15, 0.2) is 0 Å². The van der Waals surface area contributed by atoms with Gasteiger partial charge < -0.3 is 0 Å². The second-order valence-electron chi connectivity index (χ2n) is 4.64. The van der Waals surface area contributed by atoms with Crippen LogP contribution in [0.1, 0.15) is 19.8 Å². The van der Waals surface area contributed by atoms with Gasteiger partial charge in [0.25, 0.3) is 0 Å². The summed E-state index contributed by atoms with van der Waals surface area (Å²) in [6.45, 7) is 2.29. The van der Waals surface area contributed by atoms with Crippen LogP contribution in [-0.2, 0) is 14.8 Å². The Bertz CT molecular complexity index is 568. The van der Waals surface area contributed by atoms with Gasteiger partial charge in [-0.3, -0.25) is 4.79 Å². The van der Waals surface area contributed by atoms with E-state index in [2.05, 4.69) is 0 Å². The fourth-order valence-electron chi connectivity index (χ4n) is 2.21. The van der Waals surface area contributed by atoms with Gasteiger partial charge >= 0.3 is 0 Å². The van der Waals surface area contributed by atoms with E-state index in [-0.39, 0.29) is 36.1 Å². The highest BCUT2D eigenvalue weighted by atomic mass is 32.2. The highest BCUT2D eigenvalue weighted by Crippen LogP contribution is 2.23. The summed E-state index contributed by atoms with van der Waals surface area (Å²) in [6, 6.07) is 4.75. The molecule has 1 aromatic carbocycles. The van der Waals surface area contributed by atoms with Gasteiger partial charge in [-0.25, -0.2) is 12.8 Å². The van der Waals surface area contributed by atoms with Crippen molar-refractivity contribution >= 4 is 15.8 Å². The van der Waals surface area contributed by atoms with Crippen LogP contribution in [0.3, 0.4) is 0 Å². The normalized spacial score (nSPS) is 21.6. The molecule has 19 heavy (non-hydrogen) atoms. The van der Waals surface area contributed by atoms with Crippen molar-refractivity contribution in [2.45, 2.75) is 24.7 Å². The van der Waals surface area contributed by atoms with E-state index in [0.717, 1.165) is 12.1 Å². The third kappa shape index (κ3) is 2.84. The van der Waals surface area contributed by atoms with Gasteiger partial charge in [-0.2, -0.15) is 4.31 Å². The molecule has 0 aliphatic carbocycles. The Balaban J connectivity index is 2.25. The second kappa shape index (κ2) is 5.38. The molecule has 1 atom stereocenters. The second-order valence-corrected chi connectivity index (χ2v) is 6.58. The van der Waals surface area contributed by atoms with Gasteiger partial charge in [0.2, 0.25) is 10.0 Å². The van der Waals surface area contributed by atoms with Crippen LogP contribution in [0.5, 0.6) is 0 Å². The van der Waals surface area contributed by atoms with Gasteiger partial charge in [0.05, 0.1) is 4.90 Å². The maximum atomic E-state index is 12.8. The molecule has 0 saturated carbocycles. The Morgan fingerprint density at radius 3 is 2.53 bits per heavy atom. The average molecular weight is 285 g/mol. The van der Waals surface area contributed by atoms with E-state index in [9.17, 15) is 17.6 Å². The monoisotopic (exact) mass is 285 g/mol. The van der Waals surface area contributed by atoms with Gasteiger partial charge in [-0.15, -0.1) is 0 Å². The summed E-state index contributed by atoms with van der Waals surface area (Å²) < 4.78 is 38.9. The molecular formula is C13H16FNO3S. The summed E-state index contributed by atoms with van der Waals surface area (Å²) >= 11 is 0. The summed E-state index contributed by atoms with van der Waals surface area (Å²) in [4.78, 5) is 11.7. The van der Waals surface area contributed by atoms with E-state index in [0.29, 0.717) is 6.42 Å². The molecule has 1 aliphatic heterocycles. The molecule has 0 radical (unpaired) electrons. The lowest BCUT2D eigenvalue weighted by Crippen LogP contribution is -2.43. The molecule has 1 fully saturated rings. The van der Waals surface area contributed by atoms with Gasteiger partial charge in [-0.1, -0.05) is 6.92 Å². The number of ketones is 1. The molecule has 1 unspecified atom stereocenters. The first kappa shape index (κ1) is 14.1. The number of hydrogen-bond acceptors (Lipinski definition) is 3. The SMILES string of the molecule is CCC1CN(S(=O)(=O)c2ccc(F)cc2)CCC1=O. The number of benzene rings is 1. The fraction of sp³-hybridized carbons (Fsp3) is 0.462. The van der Waals surface area contributed by atoms with Crippen molar-refractivity contribution in [3.05, 3.63) is 30.1 Å². The van der Waals surface area contributed by atoms with Crippen LogP contribution >= 0.6 is 0 Å². The summed E-state index contributed by atoms with van der Waals surface area (Å²) in [7, 11) is -3.63. The first-order valence-corrected chi connectivity index (χ1v) is 7.67. The molecule has 4 nitrogen and oxygen atoms in total. The Hall–Kier alpha value is -1.27. The molecule has 104 valence electrons. The number of piperidine rings is 1. The fourth-order valence-corrected chi connectivity index (χ4v) is 3.69. The highest BCUT2D eigenvalue weighted by molar-refractivity contribution is 7.89. The Labute approximate surface area is 112 Å². The number of rotatable bonds is 3. The van der Waals surface area contributed by atoms with E-state index in [1.807, 2.05) is 6.92 Å². The van der Waals surface area contributed by atoms with E-state index in [4.69, 9.17) is 0 Å². The van der Waals surface area contributed by atoms with Crippen LogP contribution < -0.4 is 0 Å². The van der Waals surface area contributed by atoms with E-state index in [1.165, 1.54) is 16.4 Å². The molecule has 0 spiro atoms. The van der Waals surface area contributed by atoms with Crippen molar-refractivity contribution in [3.8, 4) is 0 Å². The lowest BCUT2D eigenvalue weighted by Gasteiger charge is -2.30. The number of carbonyl (C=O) groups excluding carboxylic acids is 1. The van der Waals surface area contributed by atoms with Crippen LogP contribution in [0.25, 0.3) is 0 Å². The minimum absolute atomic E-state index is 0.0677. The van der Waals surface area contributed by atoms with Crippen molar-refractivity contribution in [2.24, 2.45) is 5.92 Å². The Kier molecular flexibility index (Phi) is 4.01. The zero-order valence-corrected chi connectivity index (χ0v) is 11.5. The molecule has 1 heterocycles. The third-order valence-corrected chi connectivity index (χ3v) is 5.31. The molecule has 2 rings (SSSR count). The van der Waals surface area contributed by atoms with Gasteiger partial charge in [0.1, 0.15) is 11.6 Å². The molecule has 0 N–H and O–H groups in total. The lowest BCUT2D eigenvalue weighted by molar-refractivity contribution is -0.125. The zero-order valence-electron chi connectivity index (χ0n) is 10.7. The largest absolute Gasteiger partial charge is 0.299 e. The van der Waals surface area contributed by atoms with Crippen molar-refractivity contribution < 1.29 is 17.6 Å². The number of hydrogen-bond donors (Lipinski definition) is 0. The van der Waals surface area contributed by atoms with E-state index in [1.54, 1.807) is 0 Å². The smallest absolute Gasteiger partial charge is 0.243 e. The van der Waals surface area contributed by atoms with Crippen molar-refractivity contribution in [1.29, 1.82) is 0 Å². The lowest BCUT2D eigenvalue weighted by atomic mass is 9.96. The predicted octanol–water partition coefficient (Wildman–Crippen LogP) is 1.82. The van der Waals surface area contributed by atoms with Crippen molar-refractivity contribution in [1.82, 2.24) is 4.31 Å². The number of halogens is 1. The first-order chi connectivity index (χ1) is 8.95. The minimum atomic E-state index is -3.63. The molecule has 0 bridgehead atoms. The molecule has 0 aromatic heterocycles. The van der Waals surface area contributed by atoms with E-state index < -0.39 is 15.8 Å². The quantitative estimate of drug-likeness (QED) is 0.851. The number of sulfonamides is 1. The Morgan fingerprint density at radius 2 is 1.95 bits per heavy atom. The summed E-state index contributed by atoms with van der Waals surface area (Å²) in [5, 5.41) is 0. The number of nitrogens with zero attached hydrogens (tertiary/aromatic N) is 1. The molecule has 6 heteroatoms. The van der Waals surface area contributed by atoms with Crippen LogP contribution in [0.15, 0.2) is 29.2 Å². The molecule has 1 aromatic rings. The highest BCUT2D eigenvalue weighted by Gasteiger charge is 2.33. The zero-order chi connectivity index (χ0) is 14.0. The van der Waals surface area contributed by atoms with Crippen LogP contribution in [0.4, 0.5) is 4.39 Å². The molecular weight excluding hydrogens is 269 g/mol. The van der Waals surface area contributed by atoms with Crippen molar-refractivity contribution in [3.63, 3.8) is 0 Å². The summed E-state index contributed by atoms with van der Waals surface area (Å²) in [6.07, 6.45) is 0.882. The van der Waals surface area contributed by atoms with Gasteiger partial charge in [0, 0.05) is 25.4 Å². The minimum Gasteiger partial charge on any atom is -0.299 e. The van der Waals surface area contributed by atoms with Crippen LogP contribution in [-0.4, -0.2) is 31.6 Å². The molecule has 1 saturated heterocycles. The van der Waals surface area contributed by atoms with Crippen molar-refractivity contribution in [2.75, 3.05) is 13.1 Å². The molecule has 0 amide bonds. The first-order valence-electron chi connectivity index (χ1n) is 6.23. The summed E-state index contributed by atoms with van der Waals surface area (Å²) in [5.41, 5.74) is 0. The van der Waals surface area contributed by atoms with Crippen LogP contribution in [0.2, 0.25) is 0 Å². The maximum Gasteiger partial charge on any atom is 0.243 e. The number of Topliss-reactive ketones (excluding diaryl/α,β-unsaturated/α-hetero) is 1. The van der Waals surface area contributed by atoms with Gasteiger partial charge in [-0.05, 0) is 30.7 Å². The maximum absolute atomic E-state index is 12.8.